The van der Waals surface area contributed by atoms with Gasteiger partial charge in [-0.05, 0) is 25.5 Å². The fourth-order valence-corrected chi connectivity index (χ4v) is 4.48. The molecule has 0 aliphatic carbocycles. The molecule has 1 aromatic carbocycles. The zero-order chi connectivity index (χ0) is 50.3. The van der Waals surface area contributed by atoms with E-state index in [1.165, 1.54) is 5.32 Å². The highest BCUT2D eigenvalue weighted by atomic mass is 19.4. The average Bonchev–Trinajstić information content (AvgIpc) is 3.07. The second kappa shape index (κ2) is 15.3. The maximum absolute atomic E-state index is 14.5. The molecule has 62 heavy (non-hydrogen) atoms. The van der Waals surface area contributed by atoms with Gasteiger partial charge in [-0.25, -0.2) is 4.79 Å². The Kier molecular flexibility index (Phi) is 13.8. The van der Waals surface area contributed by atoms with Crippen LogP contribution in [0.25, 0.3) is 0 Å². The molecule has 0 fully saturated rings. The number of para-hydroxylation sites is 1. The number of rotatable bonds is 18. The fraction of sp³-hybridized carbons (Fsp3) is 0.704. The first-order valence-electron chi connectivity index (χ1n) is 14.6. The number of carbonyl (C=O) groups is 1. The van der Waals surface area contributed by atoms with E-state index < -0.39 is 119 Å². The zero-order valence-corrected chi connectivity index (χ0v) is 28.5. The zero-order valence-electron chi connectivity index (χ0n) is 28.5. The summed E-state index contributed by atoms with van der Waals surface area (Å²) in [6.45, 7) is 1.12. The number of nitrogens with zero attached hydrogens (tertiary/aromatic N) is 1. The van der Waals surface area contributed by atoms with E-state index in [1.807, 2.05) is 0 Å². The molecule has 1 rings (SSSR count). The van der Waals surface area contributed by atoms with Gasteiger partial charge in [-0.15, -0.1) is 0 Å². The van der Waals surface area contributed by atoms with Crippen molar-refractivity contribution >= 4 is 17.7 Å². The number of halogens is 31. The van der Waals surface area contributed by atoms with Crippen molar-refractivity contribution in [3.05, 3.63) is 29.3 Å². The number of benzene rings is 1. The van der Waals surface area contributed by atoms with E-state index in [1.54, 1.807) is 0 Å². The lowest BCUT2D eigenvalue weighted by atomic mass is 9.82. The molecule has 0 heterocycles. The molecule has 0 bridgehead atoms. The van der Waals surface area contributed by atoms with Crippen LogP contribution in [0.3, 0.4) is 0 Å². The Labute approximate surface area is 319 Å². The van der Waals surface area contributed by atoms with E-state index >= 15 is 0 Å². The Balaban J connectivity index is 3.86. The smallest absolute Gasteiger partial charge is 0.349 e. The Morgan fingerprint density at radius 3 is 1.05 bits per heavy atom. The minimum Gasteiger partial charge on any atom is -0.349 e. The van der Waals surface area contributed by atoms with Gasteiger partial charge in [-0.2, -0.15) is 141 Å². The van der Waals surface area contributed by atoms with Crippen molar-refractivity contribution < 1.29 is 146 Å². The van der Waals surface area contributed by atoms with Gasteiger partial charge in [0.2, 0.25) is 6.08 Å². The molecule has 0 aromatic heterocycles. The molecule has 360 valence electrons. The summed E-state index contributed by atoms with van der Waals surface area (Å²) in [5.74, 6) is -134. The first-order valence-corrected chi connectivity index (χ1v) is 14.6. The second-order valence-electron chi connectivity index (χ2n) is 12.4. The van der Waals surface area contributed by atoms with Crippen LogP contribution in [0, 0.1) is 6.92 Å². The van der Waals surface area contributed by atoms with Crippen molar-refractivity contribution in [2.24, 2.45) is 4.99 Å². The molecule has 0 saturated heterocycles. The maximum Gasteiger partial charge on any atom is 0.460 e. The number of nitrogens with one attached hydrogen (secondary N) is 1. The lowest BCUT2D eigenvalue weighted by molar-refractivity contribution is -0.489. The summed E-state index contributed by atoms with van der Waals surface area (Å²) in [5, 5.41) is 1.21. The summed E-state index contributed by atoms with van der Waals surface area (Å²) in [6, 6.07) is -0.232. The number of hydrogen-bond donors (Lipinski definition) is 1. The molecule has 0 spiro atoms. The van der Waals surface area contributed by atoms with E-state index in [4.69, 9.17) is 0 Å². The minimum absolute atomic E-state index is 0.0420. The quantitative estimate of drug-likeness (QED) is 0.0905. The molecule has 1 unspecified atom stereocenters. The van der Waals surface area contributed by atoms with Crippen LogP contribution in [0.4, 0.5) is 142 Å². The summed E-state index contributed by atoms with van der Waals surface area (Å²) >= 11 is 0. The Morgan fingerprint density at radius 1 is 0.500 bits per heavy atom. The molecule has 4 nitrogen and oxygen atoms in total. The van der Waals surface area contributed by atoms with Crippen LogP contribution in [0.1, 0.15) is 29.3 Å². The second-order valence-corrected chi connectivity index (χ2v) is 12.4. The first-order chi connectivity index (χ1) is 26.7. The van der Waals surface area contributed by atoms with Crippen LogP contribution in [-0.2, 0) is 4.79 Å². The predicted molar refractivity (Wildman–Crippen MR) is 136 cm³/mol. The van der Waals surface area contributed by atoms with Crippen LogP contribution >= 0.6 is 0 Å². The number of hydrogen-bond acceptors (Lipinski definition) is 3. The number of alkyl halides is 31. The third kappa shape index (κ3) is 7.30. The summed E-state index contributed by atoms with van der Waals surface area (Å²) in [6.07, 6.45) is -10.8. The highest BCUT2D eigenvalue weighted by Gasteiger charge is 3.01. The van der Waals surface area contributed by atoms with Crippen molar-refractivity contribution in [3.8, 4) is 0 Å². The molecule has 35 heteroatoms. The Bertz CT molecular complexity index is 1880. The van der Waals surface area contributed by atoms with Crippen molar-refractivity contribution in [1.82, 2.24) is 5.32 Å². The van der Waals surface area contributed by atoms with E-state index in [0.29, 0.717) is 6.07 Å². The van der Waals surface area contributed by atoms with E-state index in [-0.39, 0.29) is 12.5 Å². The van der Waals surface area contributed by atoms with Crippen molar-refractivity contribution in [1.29, 1.82) is 0 Å². The van der Waals surface area contributed by atoms with Crippen LogP contribution < -0.4 is 5.32 Å². The molecule has 0 aliphatic heterocycles. The molecule has 0 aliphatic rings. The number of carbonyl (C=O) groups excluding carboxylic acids is 2. The Morgan fingerprint density at radius 2 is 0.774 bits per heavy atom. The number of aryl methyl sites for hydroxylation is 1. The van der Waals surface area contributed by atoms with Crippen LogP contribution in [0.2, 0.25) is 0 Å². The van der Waals surface area contributed by atoms with E-state index in [0.717, 1.165) is 25.1 Å². The van der Waals surface area contributed by atoms with Gasteiger partial charge < -0.3 is 5.32 Å². The van der Waals surface area contributed by atoms with Crippen LogP contribution in [0.15, 0.2) is 23.2 Å². The number of aliphatic imine (C=N–C) groups is 1. The summed E-state index contributed by atoms with van der Waals surface area (Å²) < 4.78 is 427. The van der Waals surface area contributed by atoms with Crippen LogP contribution in [-0.4, -0.2) is 107 Å². The third-order valence-electron chi connectivity index (χ3n) is 8.13. The van der Waals surface area contributed by atoms with Gasteiger partial charge in [0.15, 0.2) is 0 Å². The van der Waals surface area contributed by atoms with E-state index in [9.17, 15) is 146 Å². The van der Waals surface area contributed by atoms with Gasteiger partial charge in [-0.3, -0.25) is 4.79 Å². The van der Waals surface area contributed by atoms with Crippen molar-refractivity contribution in [2.45, 2.75) is 115 Å². The molecule has 1 aromatic rings. The molecular weight excluding hydrogens is 973 g/mol. The lowest BCUT2D eigenvalue weighted by Gasteiger charge is -2.46. The summed E-state index contributed by atoms with van der Waals surface area (Å²) in [5.41, 5.74) is -1.73. The van der Waals surface area contributed by atoms with Gasteiger partial charge in [0.1, 0.15) is 0 Å². The SMILES string of the molecule is Cc1cccc(C(=O)NC(C)CC(F)(F)C(F)(F)C(F)(F)C(F)(F)C(F)(F)C(F)(F)C(F)(F)C(F)(F)C(F)(F)C(F)(F)C(F)(F)C(F)(F)C(F)(F)C(F)(F)C(F)(F)F)c1N=C=O. The average molecular weight is 986 g/mol. The predicted octanol–water partition coefficient (Wildman–Crippen LogP) is 11.9. The molecule has 1 atom stereocenters. The number of amides is 1. The minimum atomic E-state index is -10.1. The van der Waals surface area contributed by atoms with E-state index in [2.05, 4.69) is 4.99 Å². The third-order valence-corrected chi connectivity index (χ3v) is 8.13. The molecule has 1 N–H and O–H groups in total. The highest BCUT2D eigenvalue weighted by molar-refractivity contribution is 6.00. The van der Waals surface area contributed by atoms with Crippen LogP contribution in [0.5, 0.6) is 0 Å². The number of isocyanates is 1. The van der Waals surface area contributed by atoms with Gasteiger partial charge in [-0.1, -0.05) is 12.1 Å². The fourth-order valence-electron chi connectivity index (χ4n) is 4.48. The first kappa shape index (κ1) is 55.9. The standard InChI is InChI=1S/C27H13F31N2O2/c1-8-4-3-5-10(11(8)59-7-61)12(62)60-9(2)6-13(28,29)14(30,31)15(32,33)16(34,35)17(36,37)18(38,39)19(40,41)20(42,43)21(44,45)22(46,47)23(48,49)24(50,51)25(52,53)26(54,55)27(56,57)58/h3-5,9H,6H2,1-2H3,(H,60,62). The van der Waals surface area contributed by atoms with Gasteiger partial charge in [0.05, 0.1) is 11.3 Å². The lowest BCUT2D eigenvalue weighted by Crippen LogP contribution is -2.79. The summed E-state index contributed by atoms with van der Waals surface area (Å²) in [4.78, 5) is 25.9. The van der Waals surface area contributed by atoms with Gasteiger partial charge in [0.25, 0.3) is 5.91 Å². The topological polar surface area (TPSA) is 58.5 Å². The molecular formula is C27H13F31N2O2. The molecule has 0 saturated carbocycles. The van der Waals surface area contributed by atoms with Crippen molar-refractivity contribution in [3.63, 3.8) is 0 Å². The van der Waals surface area contributed by atoms with Gasteiger partial charge >= 0.3 is 89.1 Å². The highest BCUT2D eigenvalue weighted by Crippen LogP contribution is 2.69. The normalized spacial score (nSPS) is 16.2. The summed E-state index contributed by atoms with van der Waals surface area (Å²) in [7, 11) is 0. The Hall–Kier alpha value is -4.10. The monoisotopic (exact) mass is 986 g/mol. The molecule has 0 radical (unpaired) electrons. The largest absolute Gasteiger partial charge is 0.460 e. The maximum atomic E-state index is 14.5. The van der Waals surface area contributed by atoms with Crippen molar-refractivity contribution in [2.75, 3.05) is 0 Å². The molecule has 1 amide bonds. The van der Waals surface area contributed by atoms with Gasteiger partial charge in [0, 0.05) is 12.5 Å².